The molecular weight excluding hydrogens is 389 g/mol. The second-order valence-electron chi connectivity index (χ2n) is 7.61. The monoisotopic (exact) mass is 412 g/mol. The number of pyridine rings is 1. The van der Waals surface area contributed by atoms with E-state index in [1.807, 2.05) is 4.90 Å². The Morgan fingerprint density at radius 2 is 2.03 bits per heavy atom. The molecule has 2 aromatic rings. The molecule has 0 aromatic carbocycles. The van der Waals surface area contributed by atoms with Gasteiger partial charge in [-0.25, -0.2) is 4.98 Å². The third-order valence-corrected chi connectivity index (χ3v) is 5.60. The maximum Gasteiger partial charge on any atom is 0.417 e. The summed E-state index contributed by atoms with van der Waals surface area (Å²) < 4.78 is 51.2. The van der Waals surface area contributed by atoms with Crippen LogP contribution in [0.3, 0.4) is 0 Å². The summed E-state index contributed by atoms with van der Waals surface area (Å²) in [6.45, 7) is 5.36. The molecule has 0 N–H and O–H groups in total. The van der Waals surface area contributed by atoms with Gasteiger partial charge in [0, 0.05) is 32.1 Å². The van der Waals surface area contributed by atoms with Crippen LogP contribution >= 0.6 is 0 Å². The Hall–Kier alpha value is -2.20. The highest BCUT2D eigenvalue weighted by Crippen LogP contribution is 2.38. The molecule has 7 nitrogen and oxygen atoms in total. The molecule has 2 aromatic heterocycles. The minimum Gasteiger partial charge on any atom is -0.379 e. The largest absolute Gasteiger partial charge is 0.417 e. The van der Waals surface area contributed by atoms with E-state index in [4.69, 9.17) is 9.26 Å². The molecule has 0 unspecified atom stereocenters. The highest BCUT2D eigenvalue weighted by Gasteiger charge is 2.37. The number of rotatable bonds is 3. The van der Waals surface area contributed by atoms with Crippen molar-refractivity contribution < 1.29 is 27.2 Å². The van der Waals surface area contributed by atoms with E-state index in [0.29, 0.717) is 58.1 Å². The molecule has 29 heavy (non-hydrogen) atoms. The molecule has 158 valence electrons. The number of aryl methyl sites for hydroxylation is 1. The minimum absolute atomic E-state index is 0.00997. The van der Waals surface area contributed by atoms with Crippen molar-refractivity contribution in [3.63, 3.8) is 0 Å². The summed E-state index contributed by atoms with van der Waals surface area (Å²) in [5.74, 6) is -0.280. The van der Waals surface area contributed by atoms with Crippen molar-refractivity contribution in [2.75, 3.05) is 45.9 Å². The number of aromatic nitrogens is 2. The second kappa shape index (κ2) is 7.91. The molecule has 0 bridgehead atoms. The Kier molecular flexibility index (Phi) is 5.48. The minimum atomic E-state index is -4.53. The van der Waals surface area contributed by atoms with E-state index in [9.17, 15) is 18.0 Å². The Balaban J connectivity index is 1.55. The lowest BCUT2D eigenvalue weighted by Crippen LogP contribution is -2.47. The fraction of sp³-hybridized carbons (Fsp3) is 0.632. The standard InChI is InChI=1S/C19H23F3N4O3/c1-12-17-14(19(20,21)22)9-15(23-18(17)29-24-12)13-3-2-4-26(10-13)16(27)11-25-5-7-28-8-6-25/h9,13H,2-8,10-11H2,1H3/t13-/m0/s1. The molecule has 1 atom stereocenters. The van der Waals surface area contributed by atoms with E-state index in [0.717, 1.165) is 12.5 Å². The van der Waals surface area contributed by atoms with Gasteiger partial charge in [-0.05, 0) is 25.8 Å². The first-order chi connectivity index (χ1) is 13.8. The fourth-order valence-electron chi connectivity index (χ4n) is 4.04. The van der Waals surface area contributed by atoms with Crippen molar-refractivity contribution in [1.82, 2.24) is 19.9 Å². The molecule has 0 saturated carbocycles. The van der Waals surface area contributed by atoms with Gasteiger partial charge in [-0.15, -0.1) is 0 Å². The number of fused-ring (bicyclic) bond motifs is 1. The maximum atomic E-state index is 13.6. The molecule has 2 aliphatic rings. The second-order valence-corrected chi connectivity index (χ2v) is 7.61. The first-order valence-corrected chi connectivity index (χ1v) is 9.75. The van der Waals surface area contributed by atoms with Crippen molar-refractivity contribution >= 4 is 17.0 Å². The van der Waals surface area contributed by atoms with Crippen molar-refractivity contribution in [1.29, 1.82) is 0 Å². The van der Waals surface area contributed by atoms with Crippen molar-refractivity contribution in [2.45, 2.75) is 31.9 Å². The lowest BCUT2D eigenvalue weighted by molar-refractivity contribution is -0.137. The van der Waals surface area contributed by atoms with Gasteiger partial charge in [0.15, 0.2) is 0 Å². The Labute approximate surface area is 165 Å². The average Bonchev–Trinajstić information content (AvgIpc) is 3.08. The van der Waals surface area contributed by atoms with Crippen LogP contribution < -0.4 is 0 Å². The average molecular weight is 412 g/mol. The van der Waals surface area contributed by atoms with E-state index in [-0.39, 0.29) is 28.6 Å². The number of carbonyl (C=O) groups excluding carboxylic acids is 1. The van der Waals surface area contributed by atoms with E-state index in [2.05, 4.69) is 10.1 Å². The van der Waals surface area contributed by atoms with E-state index >= 15 is 0 Å². The number of morpholine rings is 1. The molecule has 0 radical (unpaired) electrons. The lowest BCUT2D eigenvalue weighted by atomic mass is 9.92. The number of halogens is 3. The molecule has 4 rings (SSSR count). The van der Waals surface area contributed by atoms with Gasteiger partial charge < -0.3 is 14.2 Å². The van der Waals surface area contributed by atoms with Gasteiger partial charge in [-0.2, -0.15) is 13.2 Å². The van der Waals surface area contributed by atoms with Crippen molar-refractivity contribution in [3.05, 3.63) is 23.0 Å². The molecule has 0 spiro atoms. The Morgan fingerprint density at radius 3 is 2.76 bits per heavy atom. The van der Waals surface area contributed by atoms with Crippen LogP contribution in [-0.2, 0) is 15.7 Å². The van der Waals surface area contributed by atoms with E-state index < -0.39 is 11.7 Å². The highest BCUT2D eigenvalue weighted by molar-refractivity contribution is 5.81. The first kappa shape index (κ1) is 20.1. The van der Waals surface area contributed by atoms with Gasteiger partial charge in [0.2, 0.25) is 5.91 Å². The number of ether oxygens (including phenoxy) is 1. The molecule has 0 aliphatic carbocycles. The van der Waals surface area contributed by atoms with E-state index in [1.54, 1.807) is 4.90 Å². The predicted molar refractivity (Wildman–Crippen MR) is 97.4 cm³/mol. The van der Waals surface area contributed by atoms with Gasteiger partial charge in [0.1, 0.15) is 0 Å². The zero-order valence-corrected chi connectivity index (χ0v) is 16.2. The van der Waals surface area contributed by atoms with Crippen molar-refractivity contribution in [2.24, 2.45) is 0 Å². The smallest absolute Gasteiger partial charge is 0.379 e. The number of nitrogens with zero attached hydrogens (tertiary/aromatic N) is 4. The third kappa shape index (κ3) is 4.23. The normalized spacial score (nSPS) is 21.7. The summed E-state index contributed by atoms with van der Waals surface area (Å²) >= 11 is 0. The molecule has 2 aliphatic heterocycles. The number of hydrogen-bond acceptors (Lipinski definition) is 6. The molecule has 10 heteroatoms. The predicted octanol–water partition coefficient (Wildman–Crippen LogP) is 2.59. The fourth-order valence-corrected chi connectivity index (χ4v) is 4.04. The van der Waals surface area contributed by atoms with Gasteiger partial charge in [-0.1, -0.05) is 5.16 Å². The third-order valence-electron chi connectivity index (χ3n) is 5.60. The molecule has 1 amide bonds. The number of hydrogen-bond donors (Lipinski definition) is 0. The summed E-state index contributed by atoms with van der Waals surface area (Å²) in [4.78, 5) is 20.8. The van der Waals surface area contributed by atoms with Gasteiger partial charge in [0.05, 0.1) is 42.1 Å². The van der Waals surface area contributed by atoms with Crippen LogP contribution in [0.2, 0.25) is 0 Å². The Bertz CT molecular complexity index is 893. The topological polar surface area (TPSA) is 71.7 Å². The summed E-state index contributed by atoms with van der Waals surface area (Å²) in [5, 5.41) is 3.55. The first-order valence-electron chi connectivity index (χ1n) is 9.75. The lowest BCUT2D eigenvalue weighted by Gasteiger charge is -2.35. The quantitative estimate of drug-likeness (QED) is 0.772. The van der Waals surface area contributed by atoms with Crippen LogP contribution in [0.1, 0.15) is 35.7 Å². The van der Waals surface area contributed by atoms with Gasteiger partial charge in [0.25, 0.3) is 5.71 Å². The zero-order chi connectivity index (χ0) is 20.6. The van der Waals surface area contributed by atoms with Crippen LogP contribution in [0.5, 0.6) is 0 Å². The zero-order valence-electron chi connectivity index (χ0n) is 16.2. The van der Waals surface area contributed by atoms with Crippen LogP contribution in [0.15, 0.2) is 10.6 Å². The maximum absolute atomic E-state index is 13.6. The van der Waals surface area contributed by atoms with Crippen LogP contribution in [0, 0.1) is 6.92 Å². The van der Waals surface area contributed by atoms with Gasteiger partial charge >= 0.3 is 6.18 Å². The molecule has 4 heterocycles. The molecule has 2 saturated heterocycles. The highest BCUT2D eigenvalue weighted by atomic mass is 19.4. The number of likely N-dealkylation sites (tertiary alicyclic amines) is 1. The summed E-state index contributed by atoms with van der Waals surface area (Å²) in [7, 11) is 0. The molecular formula is C19H23F3N4O3. The number of piperidine rings is 1. The van der Waals surface area contributed by atoms with E-state index in [1.165, 1.54) is 6.92 Å². The van der Waals surface area contributed by atoms with Crippen LogP contribution in [-0.4, -0.2) is 71.8 Å². The summed E-state index contributed by atoms with van der Waals surface area (Å²) in [6.07, 6.45) is -3.15. The van der Waals surface area contributed by atoms with Crippen LogP contribution in [0.25, 0.3) is 11.1 Å². The summed E-state index contributed by atoms with van der Waals surface area (Å²) in [6, 6.07) is 1.09. The number of alkyl halides is 3. The van der Waals surface area contributed by atoms with Crippen LogP contribution in [0.4, 0.5) is 13.2 Å². The molecule has 2 fully saturated rings. The number of amides is 1. The number of carbonyl (C=O) groups is 1. The van der Waals surface area contributed by atoms with Crippen molar-refractivity contribution in [3.8, 4) is 0 Å². The van der Waals surface area contributed by atoms with Gasteiger partial charge in [-0.3, -0.25) is 9.69 Å². The Morgan fingerprint density at radius 1 is 1.28 bits per heavy atom. The SMILES string of the molecule is Cc1noc2nc([C@H]3CCCN(C(=O)CN4CCOCC4)C3)cc(C(F)(F)F)c12. The summed E-state index contributed by atoms with van der Waals surface area (Å²) in [5.41, 5.74) is -0.431.